The van der Waals surface area contributed by atoms with E-state index in [1.54, 1.807) is 52.7 Å². The van der Waals surface area contributed by atoms with Crippen LogP contribution in [0.3, 0.4) is 0 Å². The van der Waals surface area contributed by atoms with Crippen LogP contribution in [0, 0.1) is 64.1 Å². The number of benzene rings is 3. The molecule has 6 bridgehead atoms. The Morgan fingerprint density at radius 1 is 0.477 bits per heavy atom. The van der Waals surface area contributed by atoms with E-state index >= 15 is 4.39 Å². The summed E-state index contributed by atoms with van der Waals surface area (Å²) < 4.78 is 81.4. The quantitative estimate of drug-likeness (QED) is 0.0698. The molecule has 0 N–H and O–H groups in total. The van der Waals surface area contributed by atoms with Crippen LogP contribution in [0.25, 0.3) is 33.1 Å². The Bertz CT molecular complexity index is 5040. The van der Waals surface area contributed by atoms with Gasteiger partial charge in [-0.2, -0.15) is 0 Å². The summed E-state index contributed by atoms with van der Waals surface area (Å²) in [6.07, 6.45) is 18.4. The van der Waals surface area contributed by atoms with Crippen molar-refractivity contribution in [3.8, 4) is 34.9 Å². The monoisotopic (exact) mass is 1910 g/mol. The van der Waals surface area contributed by atoms with Crippen LogP contribution in [0.1, 0.15) is 215 Å². The maximum absolute atomic E-state index is 16.8. The average molecular weight is 1910 g/mol. The van der Waals surface area contributed by atoms with Crippen molar-refractivity contribution in [2.24, 2.45) is 64.1 Å². The second-order valence-electron chi connectivity index (χ2n) is 39.1. The molecule has 130 heavy (non-hydrogen) atoms. The molecule has 3 amide bonds. The molecular formula is C97H125FN9O20V3-3. The summed E-state index contributed by atoms with van der Waals surface area (Å²) in [5.41, 5.74) is 2.18. The maximum atomic E-state index is 16.8. The van der Waals surface area contributed by atoms with E-state index in [1.807, 2.05) is 111 Å². The van der Waals surface area contributed by atoms with Crippen molar-refractivity contribution in [3.63, 3.8) is 0 Å². The van der Waals surface area contributed by atoms with Crippen molar-refractivity contribution in [3.05, 3.63) is 71.7 Å². The van der Waals surface area contributed by atoms with Gasteiger partial charge in [-0.3, -0.25) is 28.8 Å². The Morgan fingerprint density at radius 3 is 1.35 bits per heavy atom. The number of alkyl halides is 1. The van der Waals surface area contributed by atoms with Gasteiger partial charge >= 0.3 is 17.9 Å². The summed E-state index contributed by atoms with van der Waals surface area (Å²) in [6.45, 7) is 18.8. The van der Waals surface area contributed by atoms with Gasteiger partial charge in [0, 0.05) is 94.0 Å². The van der Waals surface area contributed by atoms with Crippen LogP contribution < -0.4 is 28.4 Å². The summed E-state index contributed by atoms with van der Waals surface area (Å²) in [7, 11) is 7.73. The fourth-order valence-electron chi connectivity index (χ4n) is 20.2. The Kier molecular flexibility index (Phi) is 34.3. The average Bonchev–Trinajstić information content (AvgIpc) is 1.59. The van der Waals surface area contributed by atoms with Crippen molar-refractivity contribution in [1.82, 2.24) is 44.6 Å². The molecule has 703 valence electrons. The van der Waals surface area contributed by atoms with Gasteiger partial charge in [0.25, 0.3) is 0 Å². The Labute approximate surface area is 797 Å². The molecule has 3 aromatic carbocycles. The number of aryl methyl sites for hydroxylation is 3. The smallest absolute Gasteiger partial charge is 0.307 e. The Morgan fingerprint density at radius 2 is 0.915 bits per heavy atom. The van der Waals surface area contributed by atoms with Crippen molar-refractivity contribution < 1.29 is 155 Å². The second-order valence-corrected chi connectivity index (χ2v) is 39.1. The zero-order valence-corrected chi connectivity index (χ0v) is 81.7. The molecule has 10 aliphatic rings. The number of hydrogen-bond donors (Lipinski definition) is 0. The molecule has 3 aromatic heterocycles. The van der Waals surface area contributed by atoms with Gasteiger partial charge in [-0.05, 0) is 192 Å². The first-order valence-electron chi connectivity index (χ1n) is 45.7. The number of methoxy groups -OCH3 is 5. The molecule has 4 saturated carbocycles. The van der Waals surface area contributed by atoms with E-state index in [9.17, 15) is 43.2 Å². The minimum atomic E-state index is -2.21. The molecule has 2 unspecified atom stereocenters. The molecule has 9 heterocycles. The van der Waals surface area contributed by atoms with Gasteiger partial charge in [0.15, 0.2) is 6.10 Å². The topological polar surface area (TPSA) is 342 Å². The minimum absolute atomic E-state index is 0. The first-order valence-corrected chi connectivity index (χ1v) is 45.7. The fourth-order valence-corrected chi connectivity index (χ4v) is 20.2. The SMILES string of the molecule is CC[C@]1(F)[C@@H]2CN(C(=O)[C@H](C(C)C)CC(=O)O[C@@H]3CC4CC4[C@H]3CCCCCc3nc4ccc(OC)cc4nc3O2)[C@@H]1[C-]=O.COc1ccc2nc3c(nc2c1)O[C@H]1CN(C(=O)[C@H](C(C)(C)C)CC(=O)O[C@@H]2C[C@H]2CCCCC3)[C@H]([C-]=O)[C@@H]1OC.COc1ccc2nc3c(nc2c1)O[C@H]1CN(C(=O)[C@H](C(C)(C)C)CC(=O)O[C@]2(C)C[C@H]2CCCCC3)[C@H]([C-]=O)[C@@H]1OC.[V].[V].[V]. The van der Waals surface area contributed by atoms with Crippen molar-refractivity contribution in [1.29, 1.82) is 0 Å². The number of nitrogens with zero attached hydrogens (tertiary/aromatic N) is 9. The number of hydrogen-bond acceptors (Lipinski definition) is 26. The third-order valence-corrected chi connectivity index (χ3v) is 28.2. The Balaban J connectivity index is 0.000000186. The first kappa shape index (κ1) is 102. The van der Waals surface area contributed by atoms with Crippen molar-refractivity contribution in [2.45, 2.75) is 289 Å². The molecule has 6 aliphatic heterocycles. The molecule has 4 aliphatic carbocycles. The Hall–Kier alpha value is -8.09. The van der Waals surface area contributed by atoms with Gasteiger partial charge < -0.3 is 81.2 Å². The van der Waals surface area contributed by atoms with Crippen LogP contribution in [0.4, 0.5) is 4.39 Å². The molecular weight excluding hydrogens is 1780 g/mol. The van der Waals surface area contributed by atoms with Crippen LogP contribution in [0.15, 0.2) is 54.6 Å². The zero-order valence-electron chi connectivity index (χ0n) is 77.5. The van der Waals surface area contributed by atoms with E-state index < -0.39 is 100 Å². The molecule has 6 aromatic rings. The minimum Gasteiger partial charge on any atom is -0.540 e. The number of halogens is 1. The van der Waals surface area contributed by atoms with Gasteiger partial charge in [0.1, 0.15) is 70.0 Å². The molecule has 16 rings (SSSR count). The van der Waals surface area contributed by atoms with Gasteiger partial charge in [0.05, 0.1) is 123 Å². The predicted octanol–water partition coefficient (Wildman–Crippen LogP) is 13.2. The van der Waals surface area contributed by atoms with Crippen molar-refractivity contribution in [2.75, 3.05) is 55.2 Å². The summed E-state index contributed by atoms with van der Waals surface area (Å²) in [6, 6.07) is 13.0. The van der Waals surface area contributed by atoms with E-state index in [2.05, 4.69) is 0 Å². The van der Waals surface area contributed by atoms with E-state index in [0.29, 0.717) is 106 Å². The standard InChI is InChI=1S/C34H43FN3O6.C32H42N3O7.C31H40N3O7.3V/c1-5-34(35)29(18-39)38-17-30(34)44-32-26(36-25-12-11-21(42-4)15-27(25)37-32)10-8-6-7-9-22-24-13-20(24)14-28(22)43-31(40)16-23(19(2)3)33(38)41;1-31(2,3)21-15-27(37)42-32(4)16-19(32)10-8-7-9-11-23-29(34-24-14-20(39-5)12-13-22(24)33-23)41-26-17-35(30(21)38)25(18-36)28(26)40-6;1-31(2,3)20-15-27(36)40-25-13-18(25)9-7-6-8-10-22-29(33-23-14-19(38-4)11-12-21(23)32-22)41-26-16-34(30(20)37)24(17-35)28(26)39-5;;;/h11-12,15,19-20,22-24,28-30H,5-10,13-14,16-17H2,1-4H3;12-14,19,21,25-26,28H,7-11,15-17H2,1-6H3;11-12,14,18,20,24-26,28H,6-10,13,15-16H2,1-5H3;;;/q3*-1;;;/t20?,22-,23+,24?,28-,29-,30+,34-;19-,21-,25-,26+,28+,32-;18-,20-,24-,25-,26+,28+;;;/m111.../s1. The first-order chi connectivity index (χ1) is 60.7. The summed E-state index contributed by atoms with van der Waals surface area (Å²) in [4.78, 5) is 151. The van der Waals surface area contributed by atoms with Gasteiger partial charge in [0.2, 0.25) is 35.4 Å². The number of rotatable bonds is 10. The number of esters is 3. The van der Waals surface area contributed by atoms with E-state index in [1.165, 1.54) is 35.3 Å². The third kappa shape index (κ3) is 22.9. The van der Waals surface area contributed by atoms with E-state index in [4.69, 9.17) is 82.0 Å². The largest absolute Gasteiger partial charge is 0.540 e. The number of carbonyl (C=O) groups excluding carboxylic acids is 9. The summed E-state index contributed by atoms with van der Waals surface area (Å²) >= 11 is 0. The van der Waals surface area contributed by atoms with Crippen molar-refractivity contribution >= 4 is 87.6 Å². The number of ether oxygens (including phenoxy) is 11. The summed E-state index contributed by atoms with van der Waals surface area (Å²) in [5.74, 6) is 0.411. The normalized spacial score (nSPS) is 30.9. The second kappa shape index (κ2) is 43.5. The molecule has 33 heteroatoms. The van der Waals surface area contributed by atoms with E-state index in [0.717, 1.165) is 119 Å². The zero-order chi connectivity index (χ0) is 90.7. The molecule has 3 saturated heterocycles. The van der Waals surface area contributed by atoms with Crippen LogP contribution in [0.5, 0.6) is 34.9 Å². The molecule has 0 spiro atoms. The third-order valence-electron chi connectivity index (χ3n) is 28.2. The number of aromatic nitrogens is 6. The van der Waals surface area contributed by atoms with Crippen LogP contribution in [-0.4, -0.2) is 226 Å². The van der Waals surface area contributed by atoms with Crippen LogP contribution >= 0.6 is 0 Å². The van der Waals surface area contributed by atoms with Crippen LogP contribution in [-0.2, 0) is 142 Å². The van der Waals surface area contributed by atoms with Gasteiger partial charge in [-0.25, -0.2) is 53.2 Å². The van der Waals surface area contributed by atoms with Gasteiger partial charge in [-0.1, -0.05) is 101 Å². The maximum Gasteiger partial charge on any atom is 0.307 e. The van der Waals surface area contributed by atoms with E-state index in [-0.39, 0.29) is 149 Å². The van der Waals surface area contributed by atoms with Gasteiger partial charge in [-0.15, -0.1) is 0 Å². The fraction of sp³-hybridized carbons (Fsp3) is 0.660. The predicted molar refractivity (Wildman–Crippen MR) is 466 cm³/mol. The molecule has 3 radical (unpaired) electrons. The summed E-state index contributed by atoms with van der Waals surface area (Å²) in [5, 5.41) is 0. The number of carbonyl (C=O) groups is 6. The molecule has 20 atom stereocenters. The number of amides is 3. The molecule has 29 nitrogen and oxygen atoms in total. The number of fused-ring (bicyclic) bond motifs is 17. The van der Waals surface area contributed by atoms with Crippen LogP contribution in [0.2, 0.25) is 0 Å². The molecule has 7 fully saturated rings.